The summed E-state index contributed by atoms with van der Waals surface area (Å²) in [5, 5.41) is 3.02. The van der Waals surface area contributed by atoms with Gasteiger partial charge >= 0.3 is 0 Å². The molecule has 2 aliphatic rings. The molecule has 3 heterocycles. The normalized spacial score (nSPS) is 19.3. The van der Waals surface area contributed by atoms with E-state index in [2.05, 4.69) is 10.3 Å². The molecule has 1 N–H and O–H groups in total. The van der Waals surface area contributed by atoms with E-state index in [0.29, 0.717) is 44.8 Å². The molecular weight excluding hydrogens is 443 g/mol. The number of halogens is 1. The Hall–Kier alpha value is -2.52. The highest BCUT2D eigenvalue weighted by atomic mass is 32.2. The van der Waals surface area contributed by atoms with Crippen molar-refractivity contribution in [1.29, 1.82) is 0 Å². The van der Waals surface area contributed by atoms with Crippen molar-refractivity contribution < 1.29 is 17.6 Å². The number of aromatic nitrogens is 1. The average molecular weight is 475 g/mol. The molecule has 0 radical (unpaired) electrons. The van der Waals surface area contributed by atoms with Crippen LogP contribution in [0.5, 0.6) is 0 Å². The van der Waals surface area contributed by atoms with E-state index < -0.39 is 10.0 Å². The third kappa shape index (κ3) is 5.35. The van der Waals surface area contributed by atoms with Crippen LogP contribution in [0.15, 0.2) is 47.5 Å². The summed E-state index contributed by atoms with van der Waals surface area (Å²) in [6, 6.07) is 9.21. The number of anilines is 1. The molecule has 0 unspecified atom stereocenters. The van der Waals surface area contributed by atoms with E-state index in [1.165, 1.54) is 12.1 Å². The van der Waals surface area contributed by atoms with E-state index in [1.54, 1.807) is 34.8 Å². The van der Waals surface area contributed by atoms with Gasteiger partial charge in [-0.15, -0.1) is 0 Å². The molecule has 0 bridgehead atoms. The minimum atomic E-state index is -3.60. The number of amides is 1. The lowest BCUT2D eigenvalue weighted by Gasteiger charge is -2.34. The Morgan fingerprint density at radius 1 is 1.06 bits per heavy atom. The first-order valence-corrected chi connectivity index (χ1v) is 13.1. The zero-order valence-corrected chi connectivity index (χ0v) is 19.7. The Balaban J connectivity index is 1.40. The van der Waals surface area contributed by atoms with Crippen molar-refractivity contribution >= 4 is 21.7 Å². The molecule has 2 aliphatic heterocycles. The van der Waals surface area contributed by atoms with E-state index in [9.17, 15) is 17.6 Å². The van der Waals surface area contributed by atoms with Crippen LogP contribution in [-0.4, -0.2) is 49.8 Å². The number of rotatable bonds is 6. The summed E-state index contributed by atoms with van der Waals surface area (Å²) in [5.41, 5.74) is 0.850. The van der Waals surface area contributed by atoms with Gasteiger partial charge in [-0.25, -0.2) is 17.8 Å². The fourth-order valence-corrected chi connectivity index (χ4v) is 6.27. The van der Waals surface area contributed by atoms with Gasteiger partial charge in [-0.05, 0) is 62.4 Å². The third-order valence-electron chi connectivity index (χ3n) is 6.58. The van der Waals surface area contributed by atoms with Crippen LogP contribution in [0.2, 0.25) is 0 Å². The standard InChI is InChI=1S/C24H31FN4O3S/c1-18(19-7-9-21(25)10-8-19)27-24(30)20-11-16-28(17-12-20)23-22(6-5-13-26-23)33(31,32)29-14-3-2-4-15-29/h5-10,13,18,20H,2-4,11-12,14-17H2,1H3,(H,27,30)/t18-/m0/s1. The predicted octanol–water partition coefficient (Wildman–Crippen LogP) is 3.49. The zero-order valence-electron chi connectivity index (χ0n) is 18.9. The Morgan fingerprint density at radius 2 is 1.73 bits per heavy atom. The van der Waals surface area contributed by atoms with Crippen molar-refractivity contribution in [2.24, 2.45) is 5.92 Å². The number of hydrogen-bond acceptors (Lipinski definition) is 5. The van der Waals surface area contributed by atoms with Crippen molar-refractivity contribution in [2.75, 3.05) is 31.1 Å². The van der Waals surface area contributed by atoms with Crippen molar-refractivity contribution in [3.8, 4) is 0 Å². The monoisotopic (exact) mass is 474 g/mol. The topological polar surface area (TPSA) is 82.6 Å². The molecule has 2 saturated heterocycles. The molecule has 0 spiro atoms. The quantitative estimate of drug-likeness (QED) is 0.693. The van der Waals surface area contributed by atoms with E-state index in [1.807, 2.05) is 11.8 Å². The van der Waals surface area contributed by atoms with Gasteiger partial charge in [0, 0.05) is 38.3 Å². The fraction of sp³-hybridized carbons (Fsp3) is 0.500. The molecule has 2 aromatic rings. The van der Waals surface area contributed by atoms with Crippen LogP contribution in [0.3, 0.4) is 0 Å². The van der Waals surface area contributed by atoms with Crippen molar-refractivity contribution in [2.45, 2.75) is 50.0 Å². The minimum absolute atomic E-state index is 0.0337. The number of nitrogens with zero attached hydrogens (tertiary/aromatic N) is 3. The van der Waals surface area contributed by atoms with Gasteiger partial charge in [0.25, 0.3) is 0 Å². The van der Waals surface area contributed by atoms with Crippen LogP contribution in [0.4, 0.5) is 10.2 Å². The Kier molecular flexibility index (Phi) is 7.29. The number of carbonyl (C=O) groups is 1. The first kappa shape index (κ1) is 23.6. The van der Waals surface area contributed by atoms with E-state index in [0.717, 1.165) is 24.8 Å². The summed E-state index contributed by atoms with van der Waals surface area (Å²) < 4.78 is 41.3. The number of piperidine rings is 2. The third-order valence-corrected chi connectivity index (χ3v) is 8.50. The molecule has 1 atom stereocenters. The van der Waals surface area contributed by atoms with Crippen LogP contribution >= 0.6 is 0 Å². The average Bonchev–Trinajstić information content (AvgIpc) is 2.85. The van der Waals surface area contributed by atoms with Crippen molar-refractivity contribution in [1.82, 2.24) is 14.6 Å². The van der Waals surface area contributed by atoms with Gasteiger partial charge < -0.3 is 10.2 Å². The summed E-state index contributed by atoms with van der Waals surface area (Å²) in [6.45, 7) is 4.09. The molecule has 0 saturated carbocycles. The molecule has 2 fully saturated rings. The van der Waals surface area contributed by atoms with Crippen LogP contribution in [0, 0.1) is 11.7 Å². The number of nitrogens with one attached hydrogen (secondary N) is 1. The number of sulfonamides is 1. The first-order valence-electron chi connectivity index (χ1n) is 11.6. The lowest BCUT2D eigenvalue weighted by atomic mass is 9.95. The number of hydrogen-bond donors (Lipinski definition) is 1. The molecule has 4 rings (SSSR count). The molecule has 1 aromatic heterocycles. The first-order chi connectivity index (χ1) is 15.9. The fourth-order valence-electron chi connectivity index (χ4n) is 4.58. The van der Waals surface area contributed by atoms with Crippen LogP contribution in [0.1, 0.15) is 50.6 Å². The van der Waals surface area contributed by atoms with E-state index >= 15 is 0 Å². The van der Waals surface area contributed by atoms with Gasteiger partial charge in [0.15, 0.2) is 0 Å². The van der Waals surface area contributed by atoms with Crippen LogP contribution in [-0.2, 0) is 14.8 Å². The van der Waals surface area contributed by atoms with Gasteiger partial charge in [-0.1, -0.05) is 18.6 Å². The van der Waals surface area contributed by atoms with E-state index in [-0.39, 0.29) is 28.6 Å². The maximum atomic E-state index is 13.3. The maximum absolute atomic E-state index is 13.3. The van der Waals surface area contributed by atoms with Crippen molar-refractivity contribution in [3.63, 3.8) is 0 Å². The smallest absolute Gasteiger partial charge is 0.246 e. The lowest BCUT2D eigenvalue weighted by Crippen LogP contribution is -2.42. The zero-order chi connectivity index (χ0) is 23.4. The summed E-state index contributed by atoms with van der Waals surface area (Å²) in [4.78, 5) is 19.4. The summed E-state index contributed by atoms with van der Waals surface area (Å²) in [6.07, 6.45) is 5.66. The highest BCUT2D eigenvalue weighted by Gasteiger charge is 2.33. The largest absolute Gasteiger partial charge is 0.355 e. The van der Waals surface area contributed by atoms with Crippen LogP contribution < -0.4 is 10.2 Å². The Bertz CT molecular complexity index is 1060. The second-order valence-electron chi connectivity index (χ2n) is 8.83. The Morgan fingerprint density at radius 3 is 2.39 bits per heavy atom. The van der Waals surface area contributed by atoms with Crippen LogP contribution in [0.25, 0.3) is 0 Å². The van der Waals surface area contributed by atoms with Gasteiger partial charge in [0.05, 0.1) is 6.04 Å². The van der Waals surface area contributed by atoms with Gasteiger partial charge in [-0.2, -0.15) is 4.31 Å². The summed E-state index contributed by atoms with van der Waals surface area (Å²) in [5.74, 6) is -0.0221. The maximum Gasteiger partial charge on any atom is 0.246 e. The highest BCUT2D eigenvalue weighted by molar-refractivity contribution is 7.89. The van der Waals surface area contributed by atoms with Gasteiger partial charge in [0.1, 0.15) is 16.5 Å². The molecular formula is C24H31FN4O3S. The molecule has 7 nitrogen and oxygen atoms in total. The number of carbonyl (C=O) groups excluding carboxylic acids is 1. The van der Waals surface area contributed by atoms with E-state index in [4.69, 9.17) is 0 Å². The molecule has 1 aromatic carbocycles. The second-order valence-corrected chi connectivity index (χ2v) is 10.7. The second kappa shape index (κ2) is 10.2. The van der Waals surface area contributed by atoms with Crippen molar-refractivity contribution in [3.05, 3.63) is 54.0 Å². The molecule has 178 valence electrons. The minimum Gasteiger partial charge on any atom is -0.355 e. The number of pyridine rings is 1. The molecule has 0 aliphatic carbocycles. The Labute approximate surface area is 195 Å². The molecule has 33 heavy (non-hydrogen) atoms. The molecule has 9 heteroatoms. The highest BCUT2D eigenvalue weighted by Crippen LogP contribution is 2.30. The number of benzene rings is 1. The predicted molar refractivity (Wildman–Crippen MR) is 125 cm³/mol. The van der Waals surface area contributed by atoms with Gasteiger partial charge in [0.2, 0.25) is 15.9 Å². The summed E-state index contributed by atoms with van der Waals surface area (Å²) >= 11 is 0. The molecule has 1 amide bonds. The summed E-state index contributed by atoms with van der Waals surface area (Å²) in [7, 11) is -3.60. The van der Waals surface area contributed by atoms with Gasteiger partial charge in [-0.3, -0.25) is 4.79 Å². The SMILES string of the molecule is C[C@H](NC(=O)C1CCN(c2ncccc2S(=O)(=O)N2CCCCC2)CC1)c1ccc(F)cc1. The lowest BCUT2D eigenvalue weighted by molar-refractivity contribution is -0.126.